The summed E-state index contributed by atoms with van der Waals surface area (Å²) in [6.07, 6.45) is -1.92. The lowest BCUT2D eigenvalue weighted by molar-refractivity contribution is -0.137. The number of urea groups is 1. The fourth-order valence-corrected chi connectivity index (χ4v) is 5.55. The molecule has 0 saturated carbocycles. The van der Waals surface area contributed by atoms with Crippen molar-refractivity contribution in [2.45, 2.75) is 25.4 Å². The normalized spacial score (nSPS) is 15.2. The fraction of sp³-hybridized carbons (Fsp3) is 0.400. The molecule has 2 amide bonds. The molecule has 1 aliphatic heterocycles. The van der Waals surface area contributed by atoms with Crippen LogP contribution in [-0.4, -0.2) is 50.2 Å². The molecule has 36 heavy (non-hydrogen) atoms. The van der Waals surface area contributed by atoms with E-state index in [0.717, 1.165) is 79.9 Å². The van der Waals surface area contributed by atoms with E-state index in [9.17, 15) is 22.4 Å². The van der Waals surface area contributed by atoms with Crippen molar-refractivity contribution in [1.29, 1.82) is 0 Å². The highest BCUT2D eigenvalue weighted by atomic mass is 35.5. The number of unbranched alkanes of at least 4 members (excludes halogenated alkanes) is 1. The average molecular weight is 543 g/mol. The highest BCUT2D eigenvalue weighted by Gasteiger charge is 2.33. The summed E-state index contributed by atoms with van der Waals surface area (Å²) < 4.78 is 53.4. The van der Waals surface area contributed by atoms with Gasteiger partial charge in [0.15, 0.2) is 0 Å². The van der Waals surface area contributed by atoms with Gasteiger partial charge in [0.25, 0.3) is 0 Å². The van der Waals surface area contributed by atoms with Crippen LogP contribution in [-0.2, 0) is 6.18 Å². The lowest BCUT2D eigenvalue weighted by Crippen LogP contribution is -2.32. The third-order valence-electron chi connectivity index (χ3n) is 6.16. The summed E-state index contributed by atoms with van der Waals surface area (Å²) in [6.45, 7) is 5.07. The molecular weight excluding hydrogens is 516 g/mol. The van der Waals surface area contributed by atoms with Crippen molar-refractivity contribution in [2.24, 2.45) is 0 Å². The number of carbonyl (C=O) groups is 1. The molecule has 2 N–H and O–H groups in total. The molecule has 2 heterocycles. The fourth-order valence-electron chi connectivity index (χ4n) is 4.33. The molecule has 0 aliphatic carbocycles. The maximum Gasteiger partial charge on any atom is 0.417 e. The van der Waals surface area contributed by atoms with Gasteiger partial charge < -0.3 is 20.4 Å². The summed E-state index contributed by atoms with van der Waals surface area (Å²) >= 11 is 7.17. The summed E-state index contributed by atoms with van der Waals surface area (Å²) in [4.78, 5) is 16.8. The van der Waals surface area contributed by atoms with Crippen LogP contribution < -0.4 is 15.5 Å². The van der Waals surface area contributed by atoms with Crippen molar-refractivity contribution < 1.29 is 22.4 Å². The Morgan fingerprint density at radius 2 is 1.89 bits per heavy atom. The number of alkyl halides is 3. The van der Waals surface area contributed by atoms with E-state index < -0.39 is 22.8 Å². The van der Waals surface area contributed by atoms with Gasteiger partial charge in [-0.2, -0.15) is 13.2 Å². The summed E-state index contributed by atoms with van der Waals surface area (Å²) in [7, 11) is 0. The maximum atomic E-state index is 13.5. The van der Waals surface area contributed by atoms with E-state index in [1.54, 1.807) is 17.4 Å². The van der Waals surface area contributed by atoms with Gasteiger partial charge in [-0.15, -0.1) is 11.3 Å². The molecule has 5 nitrogen and oxygen atoms in total. The molecule has 1 aliphatic rings. The second-order valence-corrected chi connectivity index (χ2v) is 10.0. The van der Waals surface area contributed by atoms with E-state index in [1.165, 1.54) is 12.1 Å². The third-order valence-corrected chi connectivity index (χ3v) is 7.43. The number of hydrogen-bond acceptors (Lipinski definition) is 4. The average Bonchev–Trinajstić information content (AvgIpc) is 3.09. The number of thiophene rings is 1. The van der Waals surface area contributed by atoms with Gasteiger partial charge in [0.05, 0.1) is 16.3 Å². The lowest BCUT2D eigenvalue weighted by atomic mass is 10.2. The Hall–Kier alpha value is -2.56. The first-order valence-electron chi connectivity index (χ1n) is 11.8. The Labute approximate surface area is 216 Å². The van der Waals surface area contributed by atoms with Crippen molar-refractivity contribution in [2.75, 3.05) is 49.5 Å². The summed E-state index contributed by atoms with van der Waals surface area (Å²) in [5.74, 6) is -0.217. The molecule has 1 fully saturated rings. The number of anilines is 2. The van der Waals surface area contributed by atoms with Crippen LogP contribution in [0.25, 0.3) is 10.1 Å². The number of rotatable bonds is 7. The zero-order valence-electron chi connectivity index (χ0n) is 19.5. The Balaban J connectivity index is 1.17. The number of halogens is 5. The topological polar surface area (TPSA) is 47.6 Å². The standard InChI is InChI=1S/C25H27ClF4N4OS/c26-21-7-5-18(15-20(21)25(28,29)30)32-24(35)31-8-1-2-9-33-10-3-11-34(13-12-33)22-16-36-23-14-17(27)4-6-19(22)23/h4-7,14-16H,1-3,8-13H2,(H2,31,32,35). The number of fused-ring (bicyclic) bond motifs is 1. The number of amides is 2. The van der Waals surface area contributed by atoms with Crippen LogP contribution in [0.5, 0.6) is 0 Å². The molecule has 0 atom stereocenters. The second-order valence-electron chi connectivity index (χ2n) is 8.72. The molecule has 0 unspecified atom stereocenters. The minimum absolute atomic E-state index is 0.0295. The Morgan fingerprint density at radius 1 is 1.06 bits per heavy atom. The summed E-state index contributed by atoms with van der Waals surface area (Å²) in [5, 5.41) is 7.88. The van der Waals surface area contributed by atoms with Crippen molar-refractivity contribution in [3.63, 3.8) is 0 Å². The molecule has 0 spiro atoms. The number of nitrogens with zero attached hydrogens (tertiary/aromatic N) is 2. The van der Waals surface area contributed by atoms with E-state index in [-0.39, 0.29) is 11.5 Å². The SMILES string of the molecule is O=C(NCCCCN1CCCN(c2csc3cc(F)ccc23)CC1)Nc1ccc(Cl)c(C(F)(F)F)c1. The molecule has 11 heteroatoms. The number of carbonyl (C=O) groups excluding carboxylic acids is 1. The predicted molar refractivity (Wildman–Crippen MR) is 138 cm³/mol. The quantitative estimate of drug-likeness (QED) is 0.254. The first kappa shape index (κ1) is 26.5. The maximum absolute atomic E-state index is 13.5. The smallest absolute Gasteiger partial charge is 0.369 e. The second kappa shape index (κ2) is 11.7. The first-order chi connectivity index (χ1) is 17.2. The molecule has 3 aromatic rings. The highest BCUT2D eigenvalue weighted by Crippen LogP contribution is 2.36. The minimum Gasteiger partial charge on any atom is -0.369 e. The van der Waals surface area contributed by atoms with Gasteiger partial charge in [-0.3, -0.25) is 0 Å². The minimum atomic E-state index is -4.59. The number of hydrogen-bond donors (Lipinski definition) is 2. The molecular formula is C25H27ClF4N4OS. The molecule has 0 radical (unpaired) electrons. The van der Waals surface area contributed by atoms with E-state index >= 15 is 0 Å². The van der Waals surface area contributed by atoms with Crippen LogP contribution in [0, 0.1) is 5.82 Å². The molecule has 1 saturated heterocycles. The van der Waals surface area contributed by atoms with Gasteiger partial charge in [-0.1, -0.05) is 11.6 Å². The lowest BCUT2D eigenvalue weighted by Gasteiger charge is -2.23. The summed E-state index contributed by atoms with van der Waals surface area (Å²) in [6, 6.07) is 7.65. The first-order valence-corrected chi connectivity index (χ1v) is 13.0. The van der Waals surface area contributed by atoms with Crippen LogP contribution >= 0.6 is 22.9 Å². The summed E-state index contributed by atoms with van der Waals surface area (Å²) in [5.41, 5.74) is 0.205. The monoisotopic (exact) mass is 542 g/mol. The molecule has 4 rings (SSSR count). The van der Waals surface area contributed by atoms with Gasteiger partial charge in [0.2, 0.25) is 0 Å². The van der Waals surface area contributed by atoms with Crippen molar-refractivity contribution >= 4 is 50.4 Å². The Morgan fingerprint density at radius 3 is 2.69 bits per heavy atom. The number of nitrogens with one attached hydrogen (secondary N) is 2. The van der Waals surface area contributed by atoms with Gasteiger partial charge in [0, 0.05) is 47.3 Å². The number of benzene rings is 2. The van der Waals surface area contributed by atoms with Gasteiger partial charge in [-0.05, 0) is 68.8 Å². The van der Waals surface area contributed by atoms with Crippen molar-refractivity contribution in [3.05, 3.63) is 58.2 Å². The molecule has 0 bridgehead atoms. The third kappa shape index (κ3) is 6.80. The van der Waals surface area contributed by atoms with E-state index in [4.69, 9.17) is 11.6 Å². The zero-order chi connectivity index (χ0) is 25.7. The van der Waals surface area contributed by atoms with E-state index in [1.807, 2.05) is 6.07 Å². The Bertz CT molecular complexity index is 1200. The van der Waals surface area contributed by atoms with Gasteiger partial charge >= 0.3 is 12.2 Å². The van der Waals surface area contributed by atoms with Crippen molar-refractivity contribution in [3.8, 4) is 0 Å². The highest BCUT2D eigenvalue weighted by molar-refractivity contribution is 7.17. The molecule has 194 valence electrons. The van der Waals surface area contributed by atoms with Crippen LogP contribution in [0.4, 0.5) is 33.7 Å². The van der Waals surface area contributed by atoms with Crippen LogP contribution in [0.2, 0.25) is 5.02 Å². The van der Waals surface area contributed by atoms with Crippen LogP contribution in [0.1, 0.15) is 24.8 Å². The predicted octanol–water partition coefficient (Wildman–Crippen LogP) is 6.83. The van der Waals surface area contributed by atoms with E-state index in [0.29, 0.717) is 6.54 Å². The Kier molecular flexibility index (Phi) is 8.58. The largest absolute Gasteiger partial charge is 0.417 e. The molecule has 2 aromatic carbocycles. The van der Waals surface area contributed by atoms with E-state index in [2.05, 4.69) is 25.8 Å². The molecule has 1 aromatic heterocycles. The van der Waals surface area contributed by atoms with Crippen LogP contribution in [0.3, 0.4) is 0 Å². The van der Waals surface area contributed by atoms with Gasteiger partial charge in [-0.25, -0.2) is 9.18 Å². The van der Waals surface area contributed by atoms with Crippen molar-refractivity contribution in [1.82, 2.24) is 10.2 Å². The zero-order valence-corrected chi connectivity index (χ0v) is 21.1. The van der Waals surface area contributed by atoms with Crippen LogP contribution in [0.15, 0.2) is 41.8 Å². The van der Waals surface area contributed by atoms with Gasteiger partial charge in [0.1, 0.15) is 5.82 Å².